The molecule has 0 aliphatic carbocycles. The van der Waals surface area contributed by atoms with Gasteiger partial charge in [0.15, 0.2) is 0 Å². The van der Waals surface area contributed by atoms with Gasteiger partial charge in [0.1, 0.15) is 0 Å². The number of alkyl halides is 3. The van der Waals surface area contributed by atoms with Gasteiger partial charge in [-0.15, -0.1) is 0 Å². The van der Waals surface area contributed by atoms with Gasteiger partial charge >= 0.3 is 12.2 Å². The van der Waals surface area contributed by atoms with Crippen LogP contribution in [-0.4, -0.2) is 44.6 Å². The molecule has 2 N–H and O–H groups in total. The summed E-state index contributed by atoms with van der Waals surface area (Å²) >= 11 is 0. The molecule has 11 heteroatoms. The first-order valence-electron chi connectivity index (χ1n) is 7.57. The van der Waals surface area contributed by atoms with Crippen molar-refractivity contribution in [1.29, 1.82) is 0 Å². The van der Waals surface area contributed by atoms with Crippen LogP contribution in [0.2, 0.25) is 0 Å². The molecule has 1 fully saturated rings. The first-order chi connectivity index (χ1) is 12.7. The molecule has 1 aliphatic heterocycles. The summed E-state index contributed by atoms with van der Waals surface area (Å²) in [7, 11) is 0. The maximum absolute atomic E-state index is 13.7. The predicted molar refractivity (Wildman–Crippen MR) is 83.8 cm³/mol. The second-order valence-electron chi connectivity index (χ2n) is 5.63. The molecule has 0 aromatic carbocycles. The van der Waals surface area contributed by atoms with Crippen molar-refractivity contribution < 1.29 is 27.6 Å². The number of urea groups is 1. The fraction of sp³-hybridized carbons (Fsp3) is 0.188. The van der Waals surface area contributed by atoms with E-state index in [4.69, 9.17) is 0 Å². The van der Waals surface area contributed by atoms with Crippen molar-refractivity contribution in [3.8, 4) is 0 Å². The molecular weight excluding hydrogens is 367 g/mol. The normalized spacial score (nSPS) is 19.7. The van der Waals surface area contributed by atoms with Crippen LogP contribution in [-0.2, 0) is 11.3 Å². The molecule has 2 aromatic rings. The van der Waals surface area contributed by atoms with E-state index >= 15 is 0 Å². The van der Waals surface area contributed by atoms with Crippen molar-refractivity contribution in [2.45, 2.75) is 18.4 Å². The summed E-state index contributed by atoms with van der Waals surface area (Å²) in [4.78, 5) is 44.6. The van der Waals surface area contributed by atoms with E-state index in [1.807, 2.05) is 0 Å². The summed E-state index contributed by atoms with van der Waals surface area (Å²) in [6.07, 6.45) is -0.171. The third-order valence-electron chi connectivity index (χ3n) is 3.82. The molecule has 1 atom stereocenters. The number of nitrogens with one attached hydrogen (secondary N) is 2. The molecule has 0 bridgehead atoms. The highest BCUT2D eigenvalue weighted by Crippen LogP contribution is 2.34. The molecule has 0 spiro atoms. The largest absolute Gasteiger partial charge is 0.440 e. The van der Waals surface area contributed by atoms with Crippen LogP contribution in [0.3, 0.4) is 0 Å². The minimum Gasteiger partial charge on any atom is -0.314 e. The quantitative estimate of drug-likeness (QED) is 0.778. The number of hydrogen-bond acceptors (Lipinski definition) is 5. The number of pyridine rings is 2. The second-order valence-corrected chi connectivity index (χ2v) is 5.63. The lowest BCUT2D eigenvalue weighted by atomic mass is 10.1. The van der Waals surface area contributed by atoms with E-state index in [-0.39, 0.29) is 5.56 Å². The molecule has 0 unspecified atom stereocenters. The highest BCUT2D eigenvalue weighted by Gasteiger charge is 2.68. The fourth-order valence-electron chi connectivity index (χ4n) is 2.48. The van der Waals surface area contributed by atoms with Crippen LogP contribution >= 0.6 is 0 Å². The van der Waals surface area contributed by atoms with Crippen molar-refractivity contribution >= 4 is 17.8 Å². The zero-order valence-electron chi connectivity index (χ0n) is 13.5. The number of hydrogen-bond donors (Lipinski definition) is 2. The molecule has 2 aromatic heterocycles. The Labute approximate surface area is 150 Å². The number of nitrogens with zero attached hydrogens (tertiary/aromatic N) is 3. The lowest BCUT2D eigenvalue weighted by Gasteiger charge is -2.29. The van der Waals surface area contributed by atoms with E-state index in [1.165, 1.54) is 42.9 Å². The Hall–Kier alpha value is -3.50. The van der Waals surface area contributed by atoms with Crippen LogP contribution in [0, 0.1) is 0 Å². The molecule has 1 aliphatic rings. The monoisotopic (exact) mass is 379 g/mol. The Bertz CT molecular complexity index is 876. The fourth-order valence-corrected chi connectivity index (χ4v) is 2.48. The van der Waals surface area contributed by atoms with Crippen molar-refractivity contribution in [3.05, 3.63) is 60.2 Å². The van der Waals surface area contributed by atoms with Gasteiger partial charge in [-0.05, 0) is 23.8 Å². The molecule has 27 heavy (non-hydrogen) atoms. The highest BCUT2D eigenvalue weighted by atomic mass is 19.4. The van der Waals surface area contributed by atoms with Crippen LogP contribution < -0.4 is 10.6 Å². The molecule has 140 valence electrons. The number of amides is 4. The lowest BCUT2D eigenvalue weighted by Crippen LogP contribution is -2.69. The van der Waals surface area contributed by atoms with E-state index in [9.17, 15) is 27.6 Å². The average molecular weight is 379 g/mol. The maximum atomic E-state index is 13.7. The molecule has 4 amide bonds. The van der Waals surface area contributed by atoms with Gasteiger partial charge in [0.25, 0.3) is 17.5 Å². The van der Waals surface area contributed by atoms with Gasteiger partial charge in [-0.25, -0.2) is 4.79 Å². The smallest absolute Gasteiger partial charge is 0.314 e. The molecule has 3 heterocycles. The van der Waals surface area contributed by atoms with E-state index in [2.05, 4.69) is 9.97 Å². The molecule has 8 nitrogen and oxygen atoms in total. The van der Waals surface area contributed by atoms with Crippen molar-refractivity contribution in [3.63, 3.8) is 0 Å². The van der Waals surface area contributed by atoms with E-state index in [0.717, 1.165) is 6.20 Å². The van der Waals surface area contributed by atoms with Gasteiger partial charge < -0.3 is 5.32 Å². The highest BCUT2D eigenvalue weighted by molar-refractivity contribution is 6.10. The molecular formula is C16H12F3N5O3. The van der Waals surface area contributed by atoms with Gasteiger partial charge in [0.2, 0.25) is 0 Å². The van der Waals surface area contributed by atoms with Crippen LogP contribution in [0.4, 0.5) is 18.0 Å². The predicted octanol–water partition coefficient (Wildman–Crippen LogP) is 1.22. The summed E-state index contributed by atoms with van der Waals surface area (Å²) in [6, 6.07) is 4.29. The Balaban J connectivity index is 1.92. The minimum absolute atomic E-state index is 0.200. The number of aromatic nitrogens is 2. The summed E-state index contributed by atoms with van der Waals surface area (Å²) in [5, 5.41) is 3.17. The van der Waals surface area contributed by atoms with Crippen LogP contribution in [0.5, 0.6) is 0 Å². The van der Waals surface area contributed by atoms with Gasteiger partial charge in [-0.3, -0.25) is 29.8 Å². The number of halogens is 3. The third-order valence-corrected chi connectivity index (χ3v) is 3.82. The van der Waals surface area contributed by atoms with Crippen LogP contribution in [0.15, 0.2) is 49.1 Å². The Morgan fingerprint density at radius 1 is 1.15 bits per heavy atom. The molecule has 3 rings (SSSR count). The number of imide groups is 1. The zero-order chi connectivity index (χ0) is 19.7. The second kappa shape index (κ2) is 6.67. The topological polar surface area (TPSA) is 104 Å². The van der Waals surface area contributed by atoms with E-state index in [1.54, 1.807) is 10.6 Å². The van der Waals surface area contributed by atoms with Gasteiger partial charge in [-0.2, -0.15) is 13.2 Å². The van der Waals surface area contributed by atoms with Crippen molar-refractivity contribution in [2.75, 3.05) is 0 Å². The Morgan fingerprint density at radius 2 is 1.81 bits per heavy atom. The van der Waals surface area contributed by atoms with Crippen molar-refractivity contribution in [1.82, 2.24) is 25.5 Å². The SMILES string of the molecule is O=C(N[C@@]1(C(F)(F)F)NC(=O)N(Cc2cccnc2)C1=O)c1cccnc1. The van der Waals surface area contributed by atoms with Gasteiger partial charge in [-0.1, -0.05) is 6.07 Å². The summed E-state index contributed by atoms with van der Waals surface area (Å²) in [6.45, 7) is -0.431. The standard InChI is InChI=1S/C16H12F3N5O3/c17-16(18,19)15(22-12(25)11-4-2-6-21-8-11)13(26)24(14(27)23-15)9-10-3-1-5-20-7-10/h1-8H,9H2,(H,22,25)(H,23,27)/t15-/m1/s1. The van der Waals surface area contributed by atoms with Gasteiger partial charge in [0, 0.05) is 24.8 Å². The number of carbonyl (C=O) groups excluding carboxylic acids is 3. The summed E-state index contributed by atoms with van der Waals surface area (Å²) in [5.74, 6) is -2.85. The van der Waals surface area contributed by atoms with Crippen LogP contribution in [0.25, 0.3) is 0 Å². The Kier molecular flexibility index (Phi) is 4.52. The average Bonchev–Trinajstić information content (AvgIpc) is 2.88. The summed E-state index contributed by atoms with van der Waals surface area (Å²) in [5.41, 5.74) is -3.43. The van der Waals surface area contributed by atoms with Gasteiger partial charge in [0.05, 0.1) is 12.1 Å². The first-order valence-corrected chi connectivity index (χ1v) is 7.57. The molecule has 1 saturated heterocycles. The molecule has 0 radical (unpaired) electrons. The third kappa shape index (κ3) is 3.30. The van der Waals surface area contributed by atoms with E-state index < -0.39 is 36.2 Å². The maximum Gasteiger partial charge on any atom is 0.440 e. The Morgan fingerprint density at radius 3 is 2.37 bits per heavy atom. The first kappa shape index (κ1) is 18.3. The molecule has 0 saturated carbocycles. The summed E-state index contributed by atoms with van der Waals surface area (Å²) < 4.78 is 41.2. The lowest BCUT2D eigenvalue weighted by molar-refractivity contribution is -0.200. The number of rotatable bonds is 4. The minimum atomic E-state index is -5.28. The van der Waals surface area contributed by atoms with E-state index in [0.29, 0.717) is 10.5 Å². The zero-order valence-corrected chi connectivity index (χ0v) is 13.5. The van der Waals surface area contributed by atoms with Crippen molar-refractivity contribution in [2.24, 2.45) is 0 Å². The van der Waals surface area contributed by atoms with Crippen LogP contribution in [0.1, 0.15) is 15.9 Å². The number of carbonyl (C=O) groups is 3.